The molecule has 0 radical (unpaired) electrons. The number of alkyl halides is 3. The number of hydrogen-bond acceptors (Lipinski definition) is 7. The number of aromatic nitrogens is 3. The minimum absolute atomic E-state index is 0.178. The number of benzene rings is 1. The van der Waals surface area contributed by atoms with Crippen LogP contribution in [0.25, 0.3) is 0 Å². The lowest BCUT2D eigenvalue weighted by Gasteiger charge is -2.11. The fourth-order valence-corrected chi connectivity index (χ4v) is 4.25. The van der Waals surface area contributed by atoms with Crippen LogP contribution in [0.4, 0.5) is 18.9 Å². The lowest BCUT2D eigenvalue weighted by molar-refractivity contribution is -0.0329. The number of carbonyl (C=O) groups excluding carboxylic acids is 1. The van der Waals surface area contributed by atoms with E-state index in [-0.39, 0.29) is 5.56 Å². The number of halogens is 4. The van der Waals surface area contributed by atoms with Crippen molar-refractivity contribution in [1.29, 1.82) is 0 Å². The van der Waals surface area contributed by atoms with Crippen LogP contribution in [0.15, 0.2) is 56.3 Å². The SMILES string of the molecule is O=C(Nc1ccc(Sc2nncs2)c(Cl)c1)c1cccnc1SC(F)(F)F. The van der Waals surface area contributed by atoms with E-state index in [1.807, 2.05) is 0 Å². The van der Waals surface area contributed by atoms with E-state index in [9.17, 15) is 18.0 Å². The van der Waals surface area contributed by atoms with Crippen LogP contribution in [0.5, 0.6) is 0 Å². The van der Waals surface area contributed by atoms with Gasteiger partial charge in [0.05, 0.1) is 10.6 Å². The molecule has 1 amide bonds. The van der Waals surface area contributed by atoms with E-state index in [0.29, 0.717) is 19.9 Å². The first-order valence-corrected chi connectivity index (χ1v) is 9.96. The van der Waals surface area contributed by atoms with Gasteiger partial charge in [0.1, 0.15) is 10.5 Å². The summed E-state index contributed by atoms with van der Waals surface area (Å²) in [7, 11) is 0. The van der Waals surface area contributed by atoms with Crippen molar-refractivity contribution in [3.05, 3.63) is 52.6 Å². The first kappa shape index (κ1) is 19.9. The van der Waals surface area contributed by atoms with Crippen molar-refractivity contribution in [3.8, 4) is 0 Å². The van der Waals surface area contributed by atoms with Crippen LogP contribution in [0, 0.1) is 0 Å². The third-order valence-corrected chi connectivity index (χ3v) is 5.98. The molecule has 140 valence electrons. The van der Waals surface area contributed by atoms with Crippen LogP contribution in [-0.4, -0.2) is 26.6 Å². The summed E-state index contributed by atoms with van der Waals surface area (Å²) in [5, 5.41) is 10.1. The average Bonchev–Trinajstić information content (AvgIpc) is 3.09. The second-order valence-electron chi connectivity index (χ2n) is 4.81. The number of hydrogen-bond donors (Lipinski definition) is 1. The number of pyridine rings is 1. The van der Waals surface area contributed by atoms with E-state index in [4.69, 9.17) is 11.6 Å². The maximum atomic E-state index is 12.6. The molecule has 1 N–H and O–H groups in total. The maximum Gasteiger partial charge on any atom is 0.447 e. The lowest BCUT2D eigenvalue weighted by Crippen LogP contribution is -2.14. The third kappa shape index (κ3) is 5.58. The van der Waals surface area contributed by atoms with Crippen molar-refractivity contribution in [2.45, 2.75) is 19.8 Å². The maximum absolute atomic E-state index is 12.6. The van der Waals surface area contributed by atoms with E-state index in [1.165, 1.54) is 47.5 Å². The second kappa shape index (κ2) is 8.46. The number of thioether (sulfide) groups is 1. The summed E-state index contributed by atoms with van der Waals surface area (Å²) in [5.74, 6) is -0.713. The van der Waals surface area contributed by atoms with Gasteiger partial charge in [-0.15, -0.1) is 10.2 Å². The van der Waals surface area contributed by atoms with Crippen LogP contribution in [-0.2, 0) is 0 Å². The van der Waals surface area contributed by atoms with Gasteiger partial charge < -0.3 is 5.32 Å². The van der Waals surface area contributed by atoms with Crippen molar-refractivity contribution < 1.29 is 18.0 Å². The van der Waals surface area contributed by atoms with Gasteiger partial charge in [-0.2, -0.15) is 13.2 Å². The normalized spacial score (nSPS) is 11.4. The Labute approximate surface area is 168 Å². The molecule has 0 saturated heterocycles. The minimum atomic E-state index is -4.55. The lowest BCUT2D eigenvalue weighted by atomic mass is 10.2. The Balaban J connectivity index is 1.76. The zero-order valence-electron chi connectivity index (χ0n) is 13.0. The molecule has 0 aliphatic heterocycles. The molecule has 0 aliphatic carbocycles. The van der Waals surface area contributed by atoms with Gasteiger partial charge in [-0.25, -0.2) is 4.98 Å². The molecule has 0 spiro atoms. The monoisotopic (exact) mass is 448 g/mol. The smallest absolute Gasteiger partial charge is 0.322 e. The molecule has 3 rings (SSSR count). The quantitative estimate of drug-likeness (QED) is 0.512. The van der Waals surface area contributed by atoms with Gasteiger partial charge in [-0.05, 0) is 30.3 Å². The van der Waals surface area contributed by atoms with Gasteiger partial charge in [0.25, 0.3) is 5.91 Å². The predicted molar refractivity (Wildman–Crippen MR) is 99.6 cm³/mol. The van der Waals surface area contributed by atoms with Gasteiger partial charge in [-0.1, -0.05) is 34.7 Å². The molecular formula is C15H8ClF3N4OS3. The zero-order valence-corrected chi connectivity index (χ0v) is 16.2. The molecule has 27 heavy (non-hydrogen) atoms. The summed E-state index contributed by atoms with van der Waals surface area (Å²) in [6.07, 6.45) is 1.20. The Bertz CT molecular complexity index is 954. The standard InChI is InChI=1S/C15H8ClF3N4OS3/c16-10-6-8(3-4-11(10)26-14-23-21-7-25-14)22-12(24)9-2-1-5-20-13(9)27-15(17,18)19/h1-7H,(H,22,24). The predicted octanol–water partition coefficient (Wildman–Crippen LogP) is 5.60. The molecule has 2 heterocycles. The van der Waals surface area contributed by atoms with Gasteiger partial charge in [0, 0.05) is 28.5 Å². The van der Waals surface area contributed by atoms with Gasteiger partial charge in [0.2, 0.25) is 0 Å². The molecule has 0 aliphatic rings. The number of nitrogens with one attached hydrogen (secondary N) is 1. The number of anilines is 1. The van der Waals surface area contributed by atoms with Crippen molar-refractivity contribution in [2.24, 2.45) is 0 Å². The second-order valence-corrected chi connectivity index (χ2v) is 8.39. The zero-order chi connectivity index (χ0) is 19.4. The molecule has 3 aromatic rings. The Morgan fingerprint density at radius 3 is 2.74 bits per heavy atom. The molecule has 0 atom stereocenters. The Morgan fingerprint density at radius 1 is 1.26 bits per heavy atom. The molecule has 12 heteroatoms. The van der Waals surface area contributed by atoms with Crippen LogP contribution >= 0.6 is 46.5 Å². The van der Waals surface area contributed by atoms with E-state index in [0.717, 1.165) is 0 Å². The molecule has 1 aromatic carbocycles. The number of carbonyl (C=O) groups is 1. The molecule has 0 fully saturated rings. The fourth-order valence-electron chi connectivity index (χ4n) is 1.92. The van der Waals surface area contributed by atoms with Crippen molar-refractivity contribution >= 4 is 58.1 Å². The summed E-state index contributed by atoms with van der Waals surface area (Å²) >= 11 is 8.45. The van der Waals surface area contributed by atoms with Crippen LogP contribution in [0.3, 0.4) is 0 Å². The van der Waals surface area contributed by atoms with E-state index >= 15 is 0 Å². The Kier molecular flexibility index (Phi) is 6.25. The minimum Gasteiger partial charge on any atom is -0.322 e. The largest absolute Gasteiger partial charge is 0.447 e. The number of amides is 1. The molecule has 5 nitrogen and oxygen atoms in total. The van der Waals surface area contributed by atoms with E-state index in [2.05, 4.69) is 20.5 Å². The highest BCUT2D eigenvalue weighted by molar-refractivity contribution is 8.01. The highest BCUT2D eigenvalue weighted by atomic mass is 35.5. The summed E-state index contributed by atoms with van der Waals surface area (Å²) < 4.78 is 38.6. The summed E-state index contributed by atoms with van der Waals surface area (Å²) in [4.78, 5) is 16.7. The molecular weight excluding hydrogens is 441 g/mol. The number of nitrogens with zero attached hydrogens (tertiary/aromatic N) is 3. The van der Waals surface area contributed by atoms with E-state index in [1.54, 1.807) is 17.6 Å². The van der Waals surface area contributed by atoms with Gasteiger partial charge >= 0.3 is 5.51 Å². The third-order valence-electron chi connectivity index (χ3n) is 2.96. The molecule has 0 bridgehead atoms. The topological polar surface area (TPSA) is 67.8 Å². The molecule has 2 aromatic heterocycles. The fraction of sp³-hybridized carbons (Fsp3) is 0.0667. The van der Waals surface area contributed by atoms with Gasteiger partial charge in [0.15, 0.2) is 4.34 Å². The Morgan fingerprint density at radius 2 is 2.07 bits per heavy atom. The summed E-state index contributed by atoms with van der Waals surface area (Å²) in [6, 6.07) is 7.45. The Hall–Kier alpha value is -1.82. The highest BCUT2D eigenvalue weighted by Crippen LogP contribution is 2.38. The molecule has 0 unspecified atom stereocenters. The van der Waals surface area contributed by atoms with Crippen LogP contribution in [0.1, 0.15) is 10.4 Å². The van der Waals surface area contributed by atoms with Crippen molar-refractivity contribution in [3.63, 3.8) is 0 Å². The van der Waals surface area contributed by atoms with Crippen LogP contribution in [0.2, 0.25) is 5.02 Å². The first-order chi connectivity index (χ1) is 12.8. The molecule has 0 saturated carbocycles. The number of rotatable bonds is 5. The first-order valence-electron chi connectivity index (χ1n) is 7.07. The van der Waals surface area contributed by atoms with Crippen molar-refractivity contribution in [1.82, 2.24) is 15.2 Å². The van der Waals surface area contributed by atoms with Crippen LogP contribution < -0.4 is 5.32 Å². The van der Waals surface area contributed by atoms with Crippen molar-refractivity contribution in [2.75, 3.05) is 5.32 Å². The highest BCUT2D eigenvalue weighted by Gasteiger charge is 2.32. The average molecular weight is 449 g/mol. The summed E-state index contributed by atoms with van der Waals surface area (Å²) in [6.45, 7) is 0. The van der Waals surface area contributed by atoms with Gasteiger partial charge in [-0.3, -0.25) is 4.79 Å². The van der Waals surface area contributed by atoms with E-state index < -0.39 is 28.2 Å². The summed E-state index contributed by atoms with van der Waals surface area (Å²) in [5.41, 5.74) is -2.78.